The van der Waals surface area contributed by atoms with Crippen LogP contribution in [0.1, 0.15) is 89.5 Å². The molecular formula is C21H38P4. The number of hydrogen-bond acceptors (Lipinski definition) is 0. The van der Waals surface area contributed by atoms with Gasteiger partial charge in [-0.1, -0.05) is 108 Å². The minimum absolute atomic E-state index is 0.230. The Kier molecular flexibility index (Phi) is 5.77. The summed E-state index contributed by atoms with van der Waals surface area (Å²) in [5.74, 6) is 0. The van der Waals surface area contributed by atoms with E-state index in [2.05, 4.69) is 83.1 Å². The van der Waals surface area contributed by atoms with Gasteiger partial charge in [-0.2, -0.15) is 0 Å². The van der Waals surface area contributed by atoms with Crippen molar-refractivity contribution in [1.82, 2.24) is 0 Å². The van der Waals surface area contributed by atoms with Crippen LogP contribution in [0, 0.1) is 21.7 Å². The first-order valence-corrected chi connectivity index (χ1v) is 13.6. The summed E-state index contributed by atoms with van der Waals surface area (Å²) in [6.07, 6.45) is 1.25. The van der Waals surface area contributed by atoms with Gasteiger partial charge in [0.05, 0.1) is 0 Å². The Bertz CT molecular complexity index is 611. The van der Waals surface area contributed by atoms with E-state index in [0.717, 1.165) is 0 Å². The third kappa shape index (κ3) is 3.91. The van der Waals surface area contributed by atoms with Crippen LogP contribution >= 0.6 is 32.5 Å². The largest absolute Gasteiger partial charge is 0.100 e. The fourth-order valence-corrected chi connectivity index (χ4v) is 17.7. The first-order chi connectivity index (χ1) is 11.0. The lowest BCUT2D eigenvalue weighted by Gasteiger charge is -2.54. The van der Waals surface area contributed by atoms with Gasteiger partial charge in [-0.15, -0.1) is 0 Å². The van der Waals surface area contributed by atoms with Crippen LogP contribution in [0.2, 0.25) is 0 Å². The van der Waals surface area contributed by atoms with Crippen molar-refractivity contribution < 1.29 is 0 Å². The summed E-state index contributed by atoms with van der Waals surface area (Å²) in [5, 5.41) is 5.56. The van der Waals surface area contributed by atoms with E-state index in [-0.39, 0.29) is 7.92 Å². The monoisotopic (exact) mass is 414 g/mol. The quantitative estimate of drug-likeness (QED) is 0.396. The van der Waals surface area contributed by atoms with E-state index in [0.29, 0.717) is 26.3 Å². The van der Waals surface area contributed by atoms with E-state index in [1.807, 2.05) is 15.1 Å². The van der Waals surface area contributed by atoms with Gasteiger partial charge in [-0.25, -0.2) is 0 Å². The Morgan fingerprint density at radius 3 is 1.32 bits per heavy atom. The van der Waals surface area contributed by atoms with Crippen LogP contribution in [0.4, 0.5) is 0 Å². The van der Waals surface area contributed by atoms with Crippen LogP contribution in [-0.2, 0) is 0 Å². The molecule has 0 radical (unpaired) electrons. The van der Waals surface area contributed by atoms with Crippen molar-refractivity contribution in [3.05, 3.63) is 0 Å². The van der Waals surface area contributed by atoms with Gasteiger partial charge < -0.3 is 0 Å². The highest BCUT2D eigenvalue weighted by molar-refractivity contribution is 8.22. The summed E-state index contributed by atoms with van der Waals surface area (Å²) in [6.45, 7) is 29.6. The van der Waals surface area contributed by atoms with Crippen molar-refractivity contribution in [2.45, 2.75) is 94.1 Å². The second-order valence-electron chi connectivity index (χ2n) is 11.3. The molecule has 3 rings (SSSR count). The second-order valence-corrected chi connectivity index (χ2v) is 19.4. The van der Waals surface area contributed by atoms with Crippen LogP contribution < -0.4 is 0 Å². The molecule has 2 bridgehead atoms. The molecule has 0 atom stereocenters. The van der Waals surface area contributed by atoms with Crippen molar-refractivity contribution in [3.8, 4) is 0 Å². The first-order valence-electron chi connectivity index (χ1n) is 9.57. The lowest BCUT2D eigenvalue weighted by Crippen LogP contribution is -2.42. The standard InChI is InChI=1S/C21H38P4/c1-13-20(11,12)16-24-21(19(8,9)10)22-14(17(2,3)4)25(16)15(23-21)18(5,6)7/h13H2,1-12H3. The van der Waals surface area contributed by atoms with Crippen LogP contribution in [0.25, 0.3) is 0 Å². The zero-order valence-electron chi connectivity index (χ0n) is 18.5. The highest BCUT2D eigenvalue weighted by Gasteiger charge is 2.54. The van der Waals surface area contributed by atoms with Gasteiger partial charge in [0, 0.05) is 0 Å². The molecule has 0 spiro atoms. The third-order valence-electron chi connectivity index (χ3n) is 5.26. The van der Waals surface area contributed by atoms with E-state index in [9.17, 15) is 0 Å². The molecule has 0 N–H and O–H groups in total. The first kappa shape index (κ1) is 22.2. The van der Waals surface area contributed by atoms with Gasteiger partial charge in [-0.3, -0.25) is 0 Å². The maximum Gasteiger partial charge on any atom is 0.100 e. The number of rotatable bonds is 2. The fraction of sp³-hybridized carbons (Fsp3) is 0.857. The lowest BCUT2D eigenvalue weighted by molar-refractivity contribution is 0.435. The van der Waals surface area contributed by atoms with Crippen molar-refractivity contribution >= 4 is 47.6 Å². The SMILES string of the molecule is CCC(C)(C)C1=PC2(C(C)(C)C)P=C(C(C)(C)C)P1C(C(C)(C)C)=P2. The lowest BCUT2D eigenvalue weighted by atomic mass is 9.93. The summed E-state index contributed by atoms with van der Waals surface area (Å²) in [7, 11) is 4.71. The number of hydrogen-bond donors (Lipinski definition) is 0. The van der Waals surface area contributed by atoms with Crippen LogP contribution in [0.5, 0.6) is 0 Å². The Labute approximate surface area is 163 Å². The van der Waals surface area contributed by atoms with Crippen LogP contribution in [-0.4, -0.2) is 19.7 Å². The summed E-state index contributed by atoms with van der Waals surface area (Å²) in [6, 6.07) is 0. The molecule has 3 heterocycles. The van der Waals surface area contributed by atoms with E-state index in [4.69, 9.17) is 0 Å². The molecule has 142 valence electrons. The Hall–Kier alpha value is 0.940. The van der Waals surface area contributed by atoms with Crippen LogP contribution in [0.3, 0.4) is 0 Å². The molecule has 0 aromatic heterocycles. The van der Waals surface area contributed by atoms with Crippen molar-refractivity contribution in [1.29, 1.82) is 0 Å². The van der Waals surface area contributed by atoms with Crippen molar-refractivity contribution in [2.24, 2.45) is 21.7 Å². The van der Waals surface area contributed by atoms with Gasteiger partial charge in [0.25, 0.3) is 0 Å². The van der Waals surface area contributed by atoms with Gasteiger partial charge in [0.1, 0.15) is 4.64 Å². The predicted octanol–water partition coefficient (Wildman–Crippen LogP) is 8.95. The molecule has 0 aromatic rings. The van der Waals surface area contributed by atoms with E-state index in [1.54, 1.807) is 24.6 Å². The molecule has 0 fully saturated rings. The topological polar surface area (TPSA) is 0 Å². The summed E-state index contributed by atoms with van der Waals surface area (Å²) in [5.41, 5.74) is 1.23. The molecule has 0 amide bonds. The van der Waals surface area contributed by atoms with Crippen molar-refractivity contribution in [3.63, 3.8) is 0 Å². The van der Waals surface area contributed by atoms with Gasteiger partial charge >= 0.3 is 0 Å². The molecule has 3 aliphatic heterocycles. The average molecular weight is 414 g/mol. The summed E-state index contributed by atoms with van der Waals surface area (Å²) in [4.78, 5) is 0. The van der Waals surface area contributed by atoms with E-state index in [1.165, 1.54) is 6.42 Å². The minimum atomic E-state index is -0.230. The zero-order chi connectivity index (χ0) is 19.6. The van der Waals surface area contributed by atoms with Gasteiger partial charge in [-0.05, 0) is 51.1 Å². The van der Waals surface area contributed by atoms with E-state index >= 15 is 0 Å². The molecular weight excluding hydrogens is 376 g/mol. The molecule has 0 nitrogen and oxygen atoms in total. The average Bonchev–Trinajstić information content (AvgIpc) is 2.43. The Morgan fingerprint density at radius 2 is 1.04 bits per heavy atom. The molecule has 25 heavy (non-hydrogen) atoms. The fourth-order valence-electron chi connectivity index (χ4n) is 3.09. The molecule has 0 unspecified atom stereocenters. The Morgan fingerprint density at radius 1 is 0.680 bits per heavy atom. The predicted molar refractivity (Wildman–Crippen MR) is 128 cm³/mol. The molecule has 0 aromatic carbocycles. The maximum atomic E-state index is 2.50. The van der Waals surface area contributed by atoms with E-state index < -0.39 is 0 Å². The highest BCUT2D eigenvalue weighted by atomic mass is 31.2. The molecule has 4 heteroatoms. The maximum absolute atomic E-state index is 2.50. The molecule has 0 aliphatic carbocycles. The normalized spacial score (nSPS) is 29.8. The molecule has 3 aliphatic rings. The van der Waals surface area contributed by atoms with Gasteiger partial charge in [0.2, 0.25) is 0 Å². The molecule has 0 saturated carbocycles. The minimum Gasteiger partial charge on any atom is -0.0734 e. The highest BCUT2D eigenvalue weighted by Crippen LogP contribution is 2.77. The molecule has 0 saturated heterocycles. The van der Waals surface area contributed by atoms with Gasteiger partial charge in [0.15, 0.2) is 0 Å². The van der Waals surface area contributed by atoms with Crippen LogP contribution in [0.15, 0.2) is 0 Å². The third-order valence-corrected chi connectivity index (χ3v) is 18.5. The Balaban J connectivity index is 2.86. The second kappa shape index (κ2) is 6.49. The summed E-state index contributed by atoms with van der Waals surface area (Å²) >= 11 is 0. The van der Waals surface area contributed by atoms with Crippen molar-refractivity contribution in [2.75, 3.05) is 0 Å². The zero-order valence-corrected chi connectivity index (χ0v) is 22.1. The summed E-state index contributed by atoms with van der Waals surface area (Å²) < 4.78 is 0.330. The smallest absolute Gasteiger partial charge is 0.0734 e.